The van der Waals surface area contributed by atoms with Crippen molar-refractivity contribution in [3.05, 3.63) is 35.4 Å². The zero-order valence-electron chi connectivity index (χ0n) is 10.9. The van der Waals surface area contributed by atoms with E-state index in [9.17, 15) is 8.78 Å². The molecular weight excluding hydrogens is 232 g/mol. The fourth-order valence-electron chi connectivity index (χ4n) is 3.00. The Morgan fingerprint density at radius 3 is 2.78 bits per heavy atom. The number of benzene rings is 1. The summed E-state index contributed by atoms with van der Waals surface area (Å²) in [5.41, 5.74) is 6.01. The lowest BCUT2D eigenvalue weighted by Crippen LogP contribution is -2.37. The summed E-state index contributed by atoms with van der Waals surface area (Å²) in [5, 5.41) is 0. The SMILES string of the molecule is CCC1CCCC(N)(c2cccc(F)c2F)CC1. The van der Waals surface area contributed by atoms with Crippen LogP contribution in [0.25, 0.3) is 0 Å². The van der Waals surface area contributed by atoms with Gasteiger partial charge in [0.15, 0.2) is 11.6 Å². The van der Waals surface area contributed by atoms with Crippen LogP contribution < -0.4 is 5.73 Å². The Balaban J connectivity index is 2.27. The minimum Gasteiger partial charge on any atom is -0.321 e. The number of rotatable bonds is 2. The summed E-state index contributed by atoms with van der Waals surface area (Å²) in [4.78, 5) is 0. The van der Waals surface area contributed by atoms with Crippen molar-refractivity contribution in [1.29, 1.82) is 0 Å². The Hall–Kier alpha value is -0.960. The number of hydrogen-bond donors (Lipinski definition) is 1. The summed E-state index contributed by atoms with van der Waals surface area (Å²) in [6, 6.07) is 4.32. The van der Waals surface area contributed by atoms with Crippen molar-refractivity contribution in [2.45, 2.75) is 51.0 Å². The van der Waals surface area contributed by atoms with E-state index in [1.807, 2.05) is 0 Å². The molecule has 1 aliphatic carbocycles. The normalized spacial score (nSPS) is 29.0. The Kier molecular flexibility index (Phi) is 4.00. The fraction of sp³-hybridized carbons (Fsp3) is 0.600. The van der Waals surface area contributed by atoms with E-state index in [1.165, 1.54) is 0 Å². The van der Waals surface area contributed by atoms with Gasteiger partial charge < -0.3 is 5.73 Å². The highest BCUT2D eigenvalue weighted by molar-refractivity contribution is 5.27. The van der Waals surface area contributed by atoms with Crippen LogP contribution in [-0.2, 0) is 5.54 Å². The molecule has 0 aliphatic heterocycles. The Labute approximate surface area is 107 Å². The molecule has 100 valence electrons. The summed E-state index contributed by atoms with van der Waals surface area (Å²) in [6.45, 7) is 2.18. The lowest BCUT2D eigenvalue weighted by molar-refractivity contribution is 0.350. The first kappa shape index (κ1) is 13.5. The molecule has 0 radical (unpaired) electrons. The monoisotopic (exact) mass is 253 g/mol. The second kappa shape index (κ2) is 5.35. The molecule has 0 amide bonds. The first-order valence-electron chi connectivity index (χ1n) is 6.80. The van der Waals surface area contributed by atoms with E-state index in [1.54, 1.807) is 12.1 Å². The molecule has 2 N–H and O–H groups in total. The molecule has 2 rings (SSSR count). The molecule has 0 bridgehead atoms. The molecular formula is C15H21F2N. The van der Waals surface area contributed by atoms with E-state index in [-0.39, 0.29) is 0 Å². The van der Waals surface area contributed by atoms with E-state index in [0.29, 0.717) is 11.5 Å². The van der Waals surface area contributed by atoms with Gasteiger partial charge in [0, 0.05) is 11.1 Å². The molecule has 1 nitrogen and oxygen atoms in total. The molecule has 0 aromatic heterocycles. The topological polar surface area (TPSA) is 26.0 Å². The van der Waals surface area contributed by atoms with Gasteiger partial charge in [-0.3, -0.25) is 0 Å². The van der Waals surface area contributed by atoms with E-state index < -0.39 is 17.2 Å². The Morgan fingerprint density at radius 2 is 2.06 bits per heavy atom. The highest BCUT2D eigenvalue weighted by atomic mass is 19.2. The van der Waals surface area contributed by atoms with Crippen molar-refractivity contribution in [3.63, 3.8) is 0 Å². The number of halogens is 2. The maximum Gasteiger partial charge on any atom is 0.163 e. The third-order valence-electron chi connectivity index (χ3n) is 4.30. The molecule has 1 saturated carbocycles. The first-order valence-corrected chi connectivity index (χ1v) is 6.80. The van der Waals surface area contributed by atoms with Gasteiger partial charge >= 0.3 is 0 Å². The average molecular weight is 253 g/mol. The van der Waals surface area contributed by atoms with Crippen LogP contribution in [0, 0.1) is 17.6 Å². The summed E-state index contributed by atoms with van der Waals surface area (Å²) in [5.74, 6) is -0.893. The van der Waals surface area contributed by atoms with Crippen LogP contribution >= 0.6 is 0 Å². The molecule has 2 atom stereocenters. The molecule has 0 saturated heterocycles. The van der Waals surface area contributed by atoms with E-state index in [0.717, 1.165) is 44.6 Å². The van der Waals surface area contributed by atoms with Crippen LogP contribution in [0.2, 0.25) is 0 Å². The average Bonchev–Trinajstić information content (AvgIpc) is 2.55. The fourth-order valence-corrected chi connectivity index (χ4v) is 3.00. The summed E-state index contributed by atoms with van der Waals surface area (Å²) < 4.78 is 27.2. The van der Waals surface area contributed by atoms with Crippen LogP contribution in [0.4, 0.5) is 8.78 Å². The summed E-state index contributed by atoms with van der Waals surface area (Å²) in [6.07, 6.45) is 5.76. The van der Waals surface area contributed by atoms with Gasteiger partial charge in [0.1, 0.15) is 0 Å². The van der Waals surface area contributed by atoms with Gasteiger partial charge in [0.05, 0.1) is 0 Å². The van der Waals surface area contributed by atoms with Crippen LogP contribution in [0.3, 0.4) is 0 Å². The maximum absolute atomic E-state index is 13.9. The standard InChI is InChI=1S/C15H21F2N/c1-2-11-5-4-9-15(18,10-8-11)12-6-3-7-13(16)14(12)17/h3,6-7,11H,2,4-5,8-10,18H2,1H3. The molecule has 1 fully saturated rings. The van der Waals surface area contributed by atoms with Gasteiger partial charge in [-0.2, -0.15) is 0 Å². The van der Waals surface area contributed by atoms with Crippen LogP contribution in [-0.4, -0.2) is 0 Å². The van der Waals surface area contributed by atoms with Crippen LogP contribution in [0.5, 0.6) is 0 Å². The molecule has 0 heterocycles. The van der Waals surface area contributed by atoms with Gasteiger partial charge in [-0.05, 0) is 31.2 Å². The van der Waals surface area contributed by atoms with Gasteiger partial charge in [0.2, 0.25) is 0 Å². The predicted molar refractivity (Wildman–Crippen MR) is 69.1 cm³/mol. The summed E-state index contributed by atoms with van der Waals surface area (Å²) in [7, 11) is 0. The molecule has 1 aromatic rings. The van der Waals surface area contributed by atoms with Crippen molar-refractivity contribution in [2.24, 2.45) is 11.7 Å². The first-order chi connectivity index (χ1) is 8.57. The number of nitrogens with two attached hydrogens (primary N) is 1. The van der Waals surface area contributed by atoms with Gasteiger partial charge in [0.25, 0.3) is 0 Å². The van der Waals surface area contributed by atoms with E-state index in [2.05, 4.69) is 6.92 Å². The molecule has 0 spiro atoms. The summed E-state index contributed by atoms with van der Waals surface area (Å²) >= 11 is 0. The zero-order chi connectivity index (χ0) is 13.2. The zero-order valence-corrected chi connectivity index (χ0v) is 10.9. The van der Waals surface area contributed by atoms with Crippen molar-refractivity contribution in [3.8, 4) is 0 Å². The Bertz CT molecular complexity index is 419. The van der Waals surface area contributed by atoms with Gasteiger partial charge in [-0.25, -0.2) is 8.78 Å². The van der Waals surface area contributed by atoms with Gasteiger partial charge in [-0.15, -0.1) is 0 Å². The van der Waals surface area contributed by atoms with Gasteiger partial charge in [-0.1, -0.05) is 38.3 Å². The lowest BCUT2D eigenvalue weighted by atomic mass is 9.83. The second-order valence-electron chi connectivity index (χ2n) is 5.46. The third kappa shape index (κ3) is 2.56. The van der Waals surface area contributed by atoms with E-state index >= 15 is 0 Å². The van der Waals surface area contributed by atoms with Crippen molar-refractivity contribution < 1.29 is 8.78 Å². The van der Waals surface area contributed by atoms with Crippen LogP contribution in [0.1, 0.15) is 51.0 Å². The molecule has 3 heteroatoms. The largest absolute Gasteiger partial charge is 0.321 e. The third-order valence-corrected chi connectivity index (χ3v) is 4.30. The molecule has 18 heavy (non-hydrogen) atoms. The van der Waals surface area contributed by atoms with Crippen molar-refractivity contribution in [1.82, 2.24) is 0 Å². The smallest absolute Gasteiger partial charge is 0.163 e. The second-order valence-corrected chi connectivity index (χ2v) is 5.46. The maximum atomic E-state index is 13.9. The van der Waals surface area contributed by atoms with Crippen molar-refractivity contribution >= 4 is 0 Å². The molecule has 1 aromatic carbocycles. The van der Waals surface area contributed by atoms with Crippen LogP contribution in [0.15, 0.2) is 18.2 Å². The minimum atomic E-state index is -0.798. The quantitative estimate of drug-likeness (QED) is 0.789. The minimum absolute atomic E-state index is 0.347. The molecule has 2 unspecified atom stereocenters. The number of hydrogen-bond acceptors (Lipinski definition) is 1. The van der Waals surface area contributed by atoms with E-state index in [4.69, 9.17) is 5.73 Å². The predicted octanol–water partition coefficient (Wildman–Crippen LogP) is 4.11. The molecule has 1 aliphatic rings. The lowest BCUT2D eigenvalue weighted by Gasteiger charge is -2.29. The highest BCUT2D eigenvalue weighted by Gasteiger charge is 2.33. The Morgan fingerprint density at radius 1 is 1.28 bits per heavy atom. The van der Waals surface area contributed by atoms with Crippen molar-refractivity contribution in [2.75, 3.05) is 0 Å². The highest BCUT2D eigenvalue weighted by Crippen LogP contribution is 2.38.